The predicted molar refractivity (Wildman–Crippen MR) is 148 cm³/mol. The average molecular weight is 552 g/mol. The molecule has 0 unspecified atom stereocenters. The van der Waals surface area contributed by atoms with Gasteiger partial charge in [-0.25, -0.2) is 0 Å². The molecule has 0 spiro atoms. The van der Waals surface area contributed by atoms with Gasteiger partial charge in [-0.05, 0) is 12.8 Å². The number of rotatable bonds is 21. The van der Waals surface area contributed by atoms with E-state index >= 15 is 0 Å². The molecule has 1 rings (SSSR count). The van der Waals surface area contributed by atoms with Gasteiger partial charge >= 0.3 is 11.9 Å². The van der Waals surface area contributed by atoms with Crippen LogP contribution < -0.4 is 5.32 Å². The fourth-order valence-corrected chi connectivity index (χ4v) is 4.59. The number of carbonyl (C=O) groups is 2. The van der Waals surface area contributed by atoms with Gasteiger partial charge in [-0.3, -0.25) is 9.59 Å². The number of carbonyl (C=O) groups excluding carboxylic acids is 2. The molecule has 5 atom stereocenters. The first-order valence-electron chi connectivity index (χ1n) is 14.5. The lowest BCUT2D eigenvalue weighted by Gasteiger charge is -2.37. The average Bonchev–Trinajstić information content (AvgIpc) is 2.86. The number of aliphatic hydroxyl groups is 3. The molecule has 0 saturated carbocycles. The third-order valence-corrected chi connectivity index (χ3v) is 6.96. The Hall–Kier alpha value is -0.930. The number of aliphatic hydroxyl groups excluding tert-OH is 3. The molecule has 0 amide bonds. The zero-order valence-corrected chi connectivity index (χ0v) is 24.0. The van der Waals surface area contributed by atoms with Crippen molar-refractivity contribution < 1.29 is 34.4 Å². The standard InChI is InChI=1S/C28H53NO7.ClH/c1-3-5-7-9-11-13-15-17-25(31)35-21-22(19-23-27(33)28(34)24(30)20-29-23)36-26(32)18-16-14-12-10-8-6-4-2;/h22-24,27-30,33-34H,3-21H2,1-2H3;1H/t22-,23-,24-,27+,28+;/m1./s1. The van der Waals surface area contributed by atoms with Crippen LogP contribution in [-0.2, 0) is 19.1 Å². The van der Waals surface area contributed by atoms with Crippen LogP contribution in [0.15, 0.2) is 0 Å². The van der Waals surface area contributed by atoms with Gasteiger partial charge < -0.3 is 30.1 Å². The van der Waals surface area contributed by atoms with Gasteiger partial charge in [0.2, 0.25) is 0 Å². The lowest BCUT2D eigenvalue weighted by Crippen LogP contribution is -2.60. The van der Waals surface area contributed by atoms with Gasteiger partial charge in [0.15, 0.2) is 0 Å². The summed E-state index contributed by atoms with van der Waals surface area (Å²) >= 11 is 0. The molecule has 0 bridgehead atoms. The second-order valence-electron chi connectivity index (χ2n) is 10.3. The number of ether oxygens (including phenoxy) is 2. The normalized spacial score (nSPS) is 22.2. The Labute approximate surface area is 230 Å². The van der Waals surface area contributed by atoms with E-state index in [-0.39, 0.29) is 43.9 Å². The van der Waals surface area contributed by atoms with E-state index in [0.717, 1.165) is 38.5 Å². The second-order valence-corrected chi connectivity index (χ2v) is 10.3. The summed E-state index contributed by atoms with van der Waals surface area (Å²) in [5, 5.41) is 33.1. The summed E-state index contributed by atoms with van der Waals surface area (Å²) in [5.74, 6) is -0.660. The first-order valence-corrected chi connectivity index (χ1v) is 14.5. The van der Waals surface area contributed by atoms with Gasteiger partial charge in [0.1, 0.15) is 18.8 Å². The Morgan fingerprint density at radius 1 is 0.757 bits per heavy atom. The highest BCUT2D eigenvalue weighted by atomic mass is 35.5. The zero-order valence-electron chi connectivity index (χ0n) is 23.2. The minimum Gasteiger partial charge on any atom is -0.462 e. The molecule has 1 aliphatic rings. The molecule has 1 fully saturated rings. The van der Waals surface area contributed by atoms with Crippen molar-refractivity contribution >= 4 is 24.3 Å². The maximum Gasteiger partial charge on any atom is 0.306 e. The van der Waals surface area contributed by atoms with E-state index in [4.69, 9.17) is 9.47 Å². The van der Waals surface area contributed by atoms with Crippen molar-refractivity contribution in [2.45, 2.75) is 153 Å². The summed E-state index contributed by atoms with van der Waals surface area (Å²) in [6.07, 6.45) is 12.0. The van der Waals surface area contributed by atoms with Crippen LogP contribution in [0.4, 0.5) is 0 Å². The predicted octanol–water partition coefficient (Wildman–Crippen LogP) is 4.59. The molecule has 0 aliphatic carbocycles. The molecular formula is C28H54ClNO7. The highest BCUT2D eigenvalue weighted by Crippen LogP contribution is 2.18. The van der Waals surface area contributed by atoms with Crippen molar-refractivity contribution in [2.75, 3.05) is 13.2 Å². The van der Waals surface area contributed by atoms with Crippen LogP contribution >= 0.6 is 12.4 Å². The molecule has 0 aromatic rings. The van der Waals surface area contributed by atoms with Crippen LogP contribution in [0.5, 0.6) is 0 Å². The highest BCUT2D eigenvalue weighted by molar-refractivity contribution is 5.85. The van der Waals surface area contributed by atoms with Crippen LogP contribution in [0, 0.1) is 0 Å². The molecule has 4 N–H and O–H groups in total. The number of halogens is 1. The van der Waals surface area contributed by atoms with Crippen LogP contribution in [0.25, 0.3) is 0 Å². The topological polar surface area (TPSA) is 125 Å². The van der Waals surface area contributed by atoms with E-state index in [1.54, 1.807) is 0 Å². The number of nitrogens with one attached hydrogen (secondary N) is 1. The zero-order chi connectivity index (χ0) is 26.6. The minimum absolute atomic E-state index is 0. The molecule has 0 aromatic carbocycles. The molecule has 9 heteroatoms. The van der Waals surface area contributed by atoms with Crippen molar-refractivity contribution in [3.05, 3.63) is 0 Å². The maximum absolute atomic E-state index is 12.5. The van der Waals surface area contributed by atoms with Gasteiger partial charge in [0.25, 0.3) is 0 Å². The van der Waals surface area contributed by atoms with Crippen molar-refractivity contribution in [3.63, 3.8) is 0 Å². The van der Waals surface area contributed by atoms with Crippen LogP contribution in [0.1, 0.15) is 123 Å². The summed E-state index contributed by atoms with van der Waals surface area (Å²) in [6.45, 7) is 4.41. The van der Waals surface area contributed by atoms with Gasteiger partial charge in [-0.1, -0.05) is 90.9 Å². The molecule has 1 aliphatic heterocycles. The summed E-state index contributed by atoms with van der Waals surface area (Å²) in [5.41, 5.74) is 0. The molecular weight excluding hydrogens is 498 g/mol. The lowest BCUT2D eigenvalue weighted by molar-refractivity contribution is -0.162. The number of hydrogen-bond donors (Lipinski definition) is 4. The first kappa shape index (κ1) is 36.1. The molecule has 0 aromatic heterocycles. The van der Waals surface area contributed by atoms with Crippen molar-refractivity contribution in [1.29, 1.82) is 0 Å². The molecule has 220 valence electrons. The molecule has 8 nitrogen and oxygen atoms in total. The van der Waals surface area contributed by atoms with Crippen molar-refractivity contribution in [3.8, 4) is 0 Å². The summed E-state index contributed by atoms with van der Waals surface area (Å²) in [6, 6.07) is -0.582. The summed E-state index contributed by atoms with van der Waals surface area (Å²) in [4.78, 5) is 24.7. The van der Waals surface area contributed by atoms with Gasteiger partial charge in [0, 0.05) is 31.8 Å². The molecule has 1 saturated heterocycles. The fourth-order valence-electron chi connectivity index (χ4n) is 4.59. The molecule has 0 radical (unpaired) electrons. The Balaban J connectivity index is 0.0000130. The number of β-amino-alcohol motifs (C(OH)–C–C–N with tert-alkyl or cyclic N) is 1. The SMILES string of the molecule is CCCCCCCCCC(=O)OC[C@@H](C[C@H]1NC[C@@H](O)[C@H](O)[C@H]1O)OC(=O)CCCCCCCCC.Cl. The third-order valence-electron chi connectivity index (χ3n) is 6.96. The number of unbranched alkanes of at least 4 members (excludes halogenated alkanes) is 12. The van der Waals surface area contributed by atoms with Crippen LogP contribution in [0.2, 0.25) is 0 Å². The van der Waals surface area contributed by atoms with E-state index < -0.39 is 30.5 Å². The van der Waals surface area contributed by atoms with Crippen molar-refractivity contribution in [1.82, 2.24) is 5.32 Å². The second kappa shape index (κ2) is 23.0. The quantitative estimate of drug-likeness (QED) is 0.121. The Morgan fingerprint density at radius 2 is 1.24 bits per heavy atom. The Morgan fingerprint density at radius 3 is 1.78 bits per heavy atom. The maximum atomic E-state index is 12.5. The van der Waals surface area contributed by atoms with Gasteiger partial charge in [0.05, 0.1) is 12.2 Å². The third kappa shape index (κ3) is 17.3. The van der Waals surface area contributed by atoms with Gasteiger partial charge in [-0.15, -0.1) is 12.4 Å². The summed E-state index contributed by atoms with van der Waals surface area (Å²) in [7, 11) is 0. The van der Waals surface area contributed by atoms with E-state index in [9.17, 15) is 24.9 Å². The first-order chi connectivity index (χ1) is 17.4. The smallest absolute Gasteiger partial charge is 0.306 e. The van der Waals surface area contributed by atoms with Gasteiger partial charge in [-0.2, -0.15) is 0 Å². The minimum atomic E-state index is -1.28. The largest absolute Gasteiger partial charge is 0.462 e. The van der Waals surface area contributed by atoms with Crippen molar-refractivity contribution in [2.24, 2.45) is 0 Å². The van der Waals surface area contributed by atoms with Crippen LogP contribution in [0.3, 0.4) is 0 Å². The van der Waals surface area contributed by atoms with E-state index in [1.807, 2.05) is 0 Å². The lowest BCUT2D eigenvalue weighted by atomic mass is 9.92. The fraction of sp³-hybridized carbons (Fsp3) is 0.929. The monoisotopic (exact) mass is 551 g/mol. The summed E-state index contributed by atoms with van der Waals surface area (Å²) < 4.78 is 11.0. The number of piperidine rings is 1. The number of esters is 2. The Bertz CT molecular complexity index is 581. The molecule has 37 heavy (non-hydrogen) atoms. The van der Waals surface area contributed by atoms with E-state index in [1.165, 1.54) is 51.4 Å². The number of hydrogen-bond acceptors (Lipinski definition) is 8. The Kier molecular flexibility index (Phi) is 22.4. The van der Waals surface area contributed by atoms with Crippen LogP contribution in [-0.4, -0.2) is 70.9 Å². The van der Waals surface area contributed by atoms with E-state index in [0.29, 0.717) is 12.8 Å². The highest BCUT2D eigenvalue weighted by Gasteiger charge is 2.38. The van der Waals surface area contributed by atoms with E-state index in [2.05, 4.69) is 19.2 Å². The molecule has 1 heterocycles.